The lowest BCUT2D eigenvalue weighted by atomic mass is 10.0. The largest absolute Gasteiger partial charge is 0.360 e. The van der Waals surface area contributed by atoms with Gasteiger partial charge in [0.15, 0.2) is 5.65 Å². The summed E-state index contributed by atoms with van der Waals surface area (Å²) in [7, 11) is 0. The summed E-state index contributed by atoms with van der Waals surface area (Å²) < 4.78 is 1.77. The second kappa shape index (κ2) is 6.69. The number of halogens is 1. The van der Waals surface area contributed by atoms with Gasteiger partial charge < -0.3 is 4.98 Å². The maximum absolute atomic E-state index is 10.3. The fraction of sp³-hybridized carbons (Fsp3) is 0. The van der Waals surface area contributed by atoms with Crippen molar-refractivity contribution < 1.29 is 0 Å². The quantitative estimate of drug-likeness (QED) is 0.362. The number of hydrogen-bond acceptors (Lipinski definition) is 3. The molecule has 6 rings (SSSR count). The zero-order chi connectivity index (χ0) is 20.9. The van der Waals surface area contributed by atoms with Gasteiger partial charge in [0.2, 0.25) is 0 Å². The number of rotatable bonds is 2. The van der Waals surface area contributed by atoms with Crippen molar-refractivity contribution >= 4 is 39.1 Å². The van der Waals surface area contributed by atoms with Crippen LogP contribution in [0.25, 0.3) is 50.0 Å². The van der Waals surface area contributed by atoms with Gasteiger partial charge in [0.05, 0.1) is 16.9 Å². The van der Waals surface area contributed by atoms with Crippen LogP contribution in [0.5, 0.6) is 0 Å². The van der Waals surface area contributed by atoms with Gasteiger partial charge in [-0.15, -0.1) is 0 Å². The zero-order valence-corrected chi connectivity index (χ0v) is 16.9. The molecule has 31 heavy (non-hydrogen) atoms. The number of H-pyrrole nitrogens is 1. The van der Waals surface area contributed by atoms with Crippen molar-refractivity contribution in [2.24, 2.45) is 0 Å². The molecule has 0 radical (unpaired) electrons. The summed E-state index contributed by atoms with van der Waals surface area (Å²) >= 11 is 6.13. The van der Waals surface area contributed by atoms with E-state index in [-0.39, 0.29) is 0 Å². The molecule has 0 bridgehead atoms. The lowest BCUT2D eigenvalue weighted by Gasteiger charge is -2.12. The molecule has 3 heterocycles. The van der Waals surface area contributed by atoms with Gasteiger partial charge in [-0.05, 0) is 30.3 Å². The number of fused-ring (bicyclic) bond motifs is 4. The van der Waals surface area contributed by atoms with Gasteiger partial charge >= 0.3 is 0 Å². The molecule has 0 aliphatic rings. The van der Waals surface area contributed by atoms with Crippen molar-refractivity contribution in [1.82, 2.24) is 19.6 Å². The number of nitriles is 1. The van der Waals surface area contributed by atoms with E-state index >= 15 is 0 Å². The number of aromatic nitrogens is 4. The van der Waals surface area contributed by atoms with E-state index in [0.717, 1.165) is 32.9 Å². The standard InChI is InChI=1S/C25H14ClN5/c26-16-11-9-15(10-12-16)24-19(13-27)23(20-14-28-21-7-3-1-5-17(20)21)29-25-18-6-2-4-8-22(18)30-31(24)25/h1-12,14,28H. The third-order valence-electron chi connectivity index (χ3n) is 5.53. The molecule has 0 spiro atoms. The Hall–Kier alpha value is -4.14. The fourth-order valence-electron chi connectivity index (χ4n) is 4.11. The first-order chi connectivity index (χ1) is 15.2. The fourth-order valence-corrected chi connectivity index (χ4v) is 4.23. The number of nitrogens with zero attached hydrogens (tertiary/aromatic N) is 4. The Bertz CT molecular complexity index is 1650. The summed E-state index contributed by atoms with van der Waals surface area (Å²) in [6.45, 7) is 0. The molecule has 3 aromatic heterocycles. The van der Waals surface area contributed by atoms with Crippen LogP contribution in [0.3, 0.4) is 0 Å². The van der Waals surface area contributed by atoms with Crippen molar-refractivity contribution in [2.75, 3.05) is 0 Å². The Balaban J connectivity index is 1.80. The van der Waals surface area contributed by atoms with E-state index in [4.69, 9.17) is 21.7 Å². The molecule has 0 saturated heterocycles. The maximum Gasteiger partial charge on any atom is 0.164 e. The summed E-state index contributed by atoms with van der Waals surface area (Å²) in [6, 6.07) is 25.7. The Labute approximate surface area is 182 Å². The molecule has 6 aromatic rings. The minimum absolute atomic E-state index is 0.465. The molecule has 1 N–H and O–H groups in total. The molecule has 0 fully saturated rings. The average Bonchev–Trinajstić information content (AvgIpc) is 3.40. The SMILES string of the molecule is N#Cc1c(-c2c[nH]c3ccccc23)nc2c3ccccc3nn2c1-c1ccc(Cl)cc1. The molecule has 3 aromatic carbocycles. The van der Waals surface area contributed by atoms with Crippen molar-refractivity contribution in [3.63, 3.8) is 0 Å². The topological polar surface area (TPSA) is 69.8 Å². The lowest BCUT2D eigenvalue weighted by molar-refractivity contribution is 0.963. The Morgan fingerprint density at radius 3 is 2.45 bits per heavy atom. The highest BCUT2D eigenvalue weighted by atomic mass is 35.5. The van der Waals surface area contributed by atoms with E-state index in [1.165, 1.54) is 0 Å². The predicted octanol–water partition coefficient (Wildman–Crippen LogP) is 6.22. The summed E-state index contributed by atoms with van der Waals surface area (Å²) in [5, 5.41) is 17.6. The Morgan fingerprint density at radius 2 is 1.65 bits per heavy atom. The van der Waals surface area contributed by atoms with Crippen molar-refractivity contribution in [1.29, 1.82) is 5.26 Å². The highest BCUT2D eigenvalue weighted by molar-refractivity contribution is 6.30. The maximum atomic E-state index is 10.3. The van der Waals surface area contributed by atoms with Gasteiger partial charge in [0.25, 0.3) is 0 Å². The minimum Gasteiger partial charge on any atom is -0.360 e. The summed E-state index contributed by atoms with van der Waals surface area (Å²) in [5.41, 5.74) is 6.05. The van der Waals surface area contributed by atoms with E-state index in [9.17, 15) is 5.26 Å². The highest BCUT2D eigenvalue weighted by Crippen LogP contribution is 2.36. The second-order valence-corrected chi connectivity index (χ2v) is 7.74. The van der Waals surface area contributed by atoms with Crippen LogP contribution in [0.1, 0.15) is 5.56 Å². The summed E-state index contributed by atoms with van der Waals surface area (Å²) in [6.07, 6.45) is 1.91. The highest BCUT2D eigenvalue weighted by Gasteiger charge is 2.22. The summed E-state index contributed by atoms with van der Waals surface area (Å²) in [5.74, 6) is 0. The van der Waals surface area contributed by atoms with E-state index < -0.39 is 0 Å². The number of aromatic amines is 1. The second-order valence-electron chi connectivity index (χ2n) is 7.30. The molecule has 0 aliphatic heterocycles. The number of benzene rings is 3. The van der Waals surface area contributed by atoms with Gasteiger partial charge in [0.1, 0.15) is 11.6 Å². The van der Waals surface area contributed by atoms with Crippen molar-refractivity contribution in [3.8, 4) is 28.6 Å². The minimum atomic E-state index is 0.465. The average molecular weight is 420 g/mol. The first-order valence-corrected chi connectivity index (χ1v) is 10.2. The van der Waals surface area contributed by atoms with E-state index in [0.29, 0.717) is 27.6 Å². The third-order valence-corrected chi connectivity index (χ3v) is 5.78. The molecular formula is C25H14ClN5. The van der Waals surface area contributed by atoms with Gasteiger partial charge in [-0.3, -0.25) is 0 Å². The molecule has 146 valence electrons. The van der Waals surface area contributed by atoms with Crippen molar-refractivity contribution in [2.45, 2.75) is 0 Å². The summed E-state index contributed by atoms with van der Waals surface area (Å²) in [4.78, 5) is 8.26. The predicted molar refractivity (Wildman–Crippen MR) is 123 cm³/mol. The van der Waals surface area contributed by atoms with Crippen LogP contribution in [0, 0.1) is 11.3 Å². The van der Waals surface area contributed by atoms with E-state index in [1.54, 1.807) is 4.52 Å². The Morgan fingerprint density at radius 1 is 0.903 bits per heavy atom. The van der Waals surface area contributed by atoms with Crippen LogP contribution >= 0.6 is 11.6 Å². The molecule has 5 nitrogen and oxygen atoms in total. The third kappa shape index (κ3) is 2.63. The number of hydrogen-bond donors (Lipinski definition) is 1. The monoisotopic (exact) mass is 419 g/mol. The molecular weight excluding hydrogens is 406 g/mol. The van der Waals surface area contributed by atoms with Gasteiger partial charge in [-0.25, -0.2) is 9.50 Å². The lowest BCUT2D eigenvalue weighted by Crippen LogP contribution is -2.03. The van der Waals surface area contributed by atoms with Crippen molar-refractivity contribution in [3.05, 3.63) is 89.6 Å². The normalized spacial score (nSPS) is 11.4. The van der Waals surface area contributed by atoms with Crippen LogP contribution in [0.2, 0.25) is 5.02 Å². The number of nitrogens with one attached hydrogen (secondary N) is 1. The van der Waals surface area contributed by atoms with Gasteiger partial charge in [0, 0.05) is 38.6 Å². The smallest absolute Gasteiger partial charge is 0.164 e. The van der Waals surface area contributed by atoms with Crippen LogP contribution in [-0.4, -0.2) is 19.6 Å². The first kappa shape index (κ1) is 17.7. The number of para-hydroxylation sites is 1. The molecule has 0 atom stereocenters. The molecule has 0 unspecified atom stereocenters. The molecule has 0 aliphatic carbocycles. The first-order valence-electron chi connectivity index (χ1n) is 9.78. The molecule has 6 heteroatoms. The zero-order valence-electron chi connectivity index (χ0n) is 16.2. The molecule has 0 saturated carbocycles. The van der Waals surface area contributed by atoms with E-state index in [1.807, 2.05) is 79.0 Å². The van der Waals surface area contributed by atoms with Crippen LogP contribution in [0.4, 0.5) is 0 Å². The van der Waals surface area contributed by atoms with E-state index in [2.05, 4.69) is 11.1 Å². The van der Waals surface area contributed by atoms with Gasteiger partial charge in [-0.1, -0.05) is 54.1 Å². The van der Waals surface area contributed by atoms with Crippen LogP contribution in [-0.2, 0) is 0 Å². The van der Waals surface area contributed by atoms with Crippen LogP contribution in [0.15, 0.2) is 79.0 Å². The van der Waals surface area contributed by atoms with Gasteiger partial charge in [-0.2, -0.15) is 10.4 Å². The molecule has 0 amide bonds. The van der Waals surface area contributed by atoms with Crippen LogP contribution < -0.4 is 0 Å². The Kier molecular flexibility index (Phi) is 3.82.